The van der Waals surface area contributed by atoms with Crippen molar-refractivity contribution >= 4 is 5.78 Å². The fourth-order valence-electron chi connectivity index (χ4n) is 2.40. The van der Waals surface area contributed by atoms with Gasteiger partial charge in [-0.2, -0.15) is 0 Å². The van der Waals surface area contributed by atoms with Crippen LogP contribution in [0.5, 0.6) is 5.75 Å². The van der Waals surface area contributed by atoms with Crippen molar-refractivity contribution < 1.29 is 9.53 Å². The van der Waals surface area contributed by atoms with E-state index in [1.807, 2.05) is 36.7 Å². The number of benzene rings is 1. The number of fused-ring (bicyclic) bond motifs is 1. The third-order valence-corrected chi connectivity index (χ3v) is 3.39. The summed E-state index contributed by atoms with van der Waals surface area (Å²) in [5.74, 6) is 1.46. The molecule has 0 radical (unpaired) electrons. The van der Waals surface area contributed by atoms with Gasteiger partial charge in [-0.1, -0.05) is 18.2 Å². The van der Waals surface area contributed by atoms with Gasteiger partial charge >= 0.3 is 0 Å². The summed E-state index contributed by atoms with van der Waals surface area (Å²) in [4.78, 5) is 11.3. The molecule has 2 aromatic rings. The molecule has 1 aliphatic heterocycles. The van der Waals surface area contributed by atoms with E-state index in [0.29, 0.717) is 12.5 Å². The highest BCUT2D eigenvalue weighted by molar-refractivity contribution is 5.93. The summed E-state index contributed by atoms with van der Waals surface area (Å²) < 4.78 is 7.72. The van der Waals surface area contributed by atoms with Crippen molar-refractivity contribution in [3.63, 3.8) is 0 Å². The Hall–Kier alpha value is -2.03. The number of hydrogen-bond donors (Lipinski definition) is 0. The maximum Gasteiger partial charge on any atom is 0.161 e. The Morgan fingerprint density at radius 2 is 2.22 bits per heavy atom. The molecule has 0 bridgehead atoms. The first kappa shape index (κ1) is 11.1. The Kier molecular flexibility index (Phi) is 2.67. The molecule has 92 valence electrons. The Labute approximate surface area is 106 Å². The van der Waals surface area contributed by atoms with E-state index in [1.165, 1.54) is 5.56 Å². The average Bonchev–Trinajstić information content (AvgIpc) is 2.98. The second-order valence-electron chi connectivity index (χ2n) is 4.70. The number of aromatic nitrogens is 1. The van der Waals surface area contributed by atoms with Gasteiger partial charge in [-0.05, 0) is 19.1 Å². The van der Waals surface area contributed by atoms with E-state index in [4.69, 9.17) is 4.74 Å². The molecule has 1 aliphatic rings. The number of carbonyl (C=O) groups excluding carboxylic acids is 1. The minimum Gasteiger partial charge on any atom is -0.493 e. The lowest BCUT2D eigenvalue weighted by atomic mass is 10.0. The van der Waals surface area contributed by atoms with Crippen molar-refractivity contribution in [3.8, 4) is 5.75 Å². The smallest absolute Gasteiger partial charge is 0.161 e. The molecule has 0 N–H and O–H groups in total. The molecule has 3 nitrogen and oxygen atoms in total. The standard InChI is InChI=1S/C15H15NO2/c1-11(17)12-6-7-16(8-12)9-13-10-18-15-5-3-2-4-14(13)15/h2-8,13H,9-10H2,1H3. The Morgan fingerprint density at radius 3 is 3.00 bits per heavy atom. The van der Waals surface area contributed by atoms with Crippen LogP contribution in [-0.4, -0.2) is 17.0 Å². The fraction of sp³-hybridized carbons (Fsp3) is 0.267. The zero-order chi connectivity index (χ0) is 12.5. The summed E-state index contributed by atoms with van der Waals surface area (Å²) in [6.45, 7) is 3.16. The summed E-state index contributed by atoms with van der Waals surface area (Å²) in [5.41, 5.74) is 2.03. The van der Waals surface area contributed by atoms with Gasteiger partial charge in [0.15, 0.2) is 5.78 Å². The molecule has 3 heteroatoms. The third kappa shape index (κ3) is 1.92. The number of ketones is 1. The van der Waals surface area contributed by atoms with Crippen LogP contribution in [0.15, 0.2) is 42.7 Å². The van der Waals surface area contributed by atoms with E-state index in [9.17, 15) is 4.79 Å². The van der Waals surface area contributed by atoms with Crippen LogP contribution in [0.4, 0.5) is 0 Å². The number of nitrogens with zero attached hydrogens (tertiary/aromatic N) is 1. The maximum absolute atomic E-state index is 11.3. The molecule has 0 saturated carbocycles. The average molecular weight is 241 g/mol. The molecular weight excluding hydrogens is 226 g/mol. The first-order chi connectivity index (χ1) is 8.74. The van der Waals surface area contributed by atoms with Crippen LogP contribution in [0.3, 0.4) is 0 Å². The first-order valence-corrected chi connectivity index (χ1v) is 6.12. The van der Waals surface area contributed by atoms with Crippen LogP contribution in [-0.2, 0) is 6.54 Å². The number of para-hydroxylation sites is 1. The van der Waals surface area contributed by atoms with E-state index < -0.39 is 0 Å². The highest BCUT2D eigenvalue weighted by Gasteiger charge is 2.23. The number of ether oxygens (including phenoxy) is 1. The Morgan fingerprint density at radius 1 is 1.39 bits per heavy atom. The second kappa shape index (κ2) is 4.33. The van der Waals surface area contributed by atoms with Crippen molar-refractivity contribution in [2.24, 2.45) is 0 Å². The second-order valence-corrected chi connectivity index (χ2v) is 4.70. The molecule has 1 aromatic carbocycles. The summed E-state index contributed by atoms with van der Waals surface area (Å²) in [5, 5.41) is 0. The lowest BCUT2D eigenvalue weighted by molar-refractivity contribution is 0.101. The SMILES string of the molecule is CC(=O)c1ccn(CC2COc3ccccc32)c1. The van der Waals surface area contributed by atoms with Crippen molar-refractivity contribution in [2.75, 3.05) is 6.61 Å². The van der Waals surface area contributed by atoms with Gasteiger partial charge in [0.05, 0.1) is 6.61 Å². The van der Waals surface area contributed by atoms with Gasteiger partial charge in [0, 0.05) is 36.0 Å². The monoisotopic (exact) mass is 241 g/mol. The van der Waals surface area contributed by atoms with Gasteiger partial charge < -0.3 is 9.30 Å². The van der Waals surface area contributed by atoms with Gasteiger partial charge in [-0.25, -0.2) is 0 Å². The summed E-state index contributed by atoms with van der Waals surface area (Å²) in [7, 11) is 0. The van der Waals surface area contributed by atoms with Crippen LogP contribution in [0.2, 0.25) is 0 Å². The zero-order valence-corrected chi connectivity index (χ0v) is 10.3. The molecule has 0 fully saturated rings. The van der Waals surface area contributed by atoms with E-state index in [2.05, 4.69) is 10.6 Å². The summed E-state index contributed by atoms with van der Waals surface area (Å²) in [6, 6.07) is 10.0. The van der Waals surface area contributed by atoms with Crippen LogP contribution in [0.1, 0.15) is 28.8 Å². The molecule has 3 rings (SSSR count). The Balaban J connectivity index is 1.80. The molecule has 1 unspecified atom stereocenters. The molecule has 1 atom stereocenters. The fourth-order valence-corrected chi connectivity index (χ4v) is 2.40. The number of hydrogen-bond acceptors (Lipinski definition) is 2. The molecule has 0 spiro atoms. The molecule has 0 amide bonds. The number of carbonyl (C=O) groups is 1. The van der Waals surface area contributed by atoms with Crippen molar-refractivity contribution in [1.82, 2.24) is 4.57 Å². The number of Topliss-reactive ketones (excluding diaryl/α,β-unsaturated/α-hetero) is 1. The molecule has 1 aromatic heterocycles. The Bertz CT molecular complexity index is 586. The maximum atomic E-state index is 11.3. The van der Waals surface area contributed by atoms with E-state index >= 15 is 0 Å². The lowest BCUT2D eigenvalue weighted by Gasteiger charge is -2.09. The molecule has 2 heterocycles. The minimum atomic E-state index is 0.108. The van der Waals surface area contributed by atoms with E-state index in [-0.39, 0.29) is 5.78 Å². The zero-order valence-electron chi connectivity index (χ0n) is 10.3. The predicted molar refractivity (Wildman–Crippen MR) is 69.1 cm³/mol. The molecule has 18 heavy (non-hydrogen) atoms. The van der Waals surface area contributed by atoms with Crippen LogP contribution < -0.4 is 4.74 Å². The van der Waals surface area contributed by atoms with Crippen LogP contribution >= 0.6 is 0 Å². The van der Waals surface area contributed by atoms with Crippen molar-refractivity contribution in [1.29, 1.82) is 0 Å². The summed E-state index contributed by atoms with van der Waals surface area (Å²) >= 11 is 0. The quantitative estimate of drug-likeness (QED) is 0.774. The molecule has 0 aliphatic carbocycles. The van der Waals surface area contributed by atoms with E-state index in [0.717, 1.165) is 17.9 Å². The van der Waals surface area contributed by atoms with Gasteiger partial charge in [0.25, 0.3) is 0 Å². The van der Waals surface area contributed by atoms with Gasteiger partial charge in [-0.3, -0.25) is 4.79 Å². The largest absolute Gasteiger partial charge is 0.493 e. The van der Waals surface area contributed by atoms with Crippen LogP contribution in [0, 0.1) is 0 Å². The van der Waals surface area contributed by atoms with Gasteiger partial charge in [0.2, 0.25) is 0 Å². The molecular formula is C15H15NO2. The highest BCUT2D eigenvalue weighted by Crippen LogP contribution is 2.34. The number of rotatable bonds is 3. The normalized spacial score (nSPS) is 17.3. The topological polar surface area (TPSA) is 31.2 Å². The minimum absolute atomic E-state index is 0.108. The van der Waals surface area contributed by atoms with Gasteiger partial charge in [0.1, 0.15) is 5.75 Å². The third-order valence-electron chi connectivity index (χ3n) is 3.39. The van der Waals surface area contributed by atoms with Crippen molar-refractivity contribution in [2.45, 2.75) is 19.4 Å². The first-order valence-electron chi connectivity index (χ1n) is 6.12. The molecule has 0 saturated heterocycles. The predicted octanol–water partition coefficient (Wildman–Crippen LogP) is 2.87. The van der Waals surface area contributed by atoms with Crippen LogP contribution in [0.25, 0.3) is 0 Å². The lowest BCUT2D eigenvalue weighted by Crippen LogP contribution is -2.09. The highest BCUT2D eigenvalue weighted by atomic mass is 16.5. The van der Waals surface area contributed by atoms with Crippen molar-refractivity contribution in [3.05, 3.63) is 53.9 Å². The summed E-state index contributed by atoms with van der Waals surface area (Å²) in [6.07, 6.45) is 3.86. The van der Waals surface area contributed by atoms with E-state index in [1.54, 1.807) is 6.92 Å². The van der Waals surface area contributed by atoms with Gasteiger partial charge in [-0.15, -0.1) is 0 Å².